The van der Waals surface area contributed by atoms with E-state index in [1.165, 1.54) is 0 Å². The maximum absolute atomic E-state index is 14.4. The Balaban J connectivity index is 2.09. The van der Waals surface area contributed by atoms with Crippen molar-refractivity contribution in [1.29, 1.82) is 0 Å². The number of alkyl halides is 1. The minimum absolute atomic E-state index is 0.0270. The van der Waals surface area contributed by atoms with E-state index in [-0.39, 0.29) is 23.1 Å². The number of rotatable bonds is 5. The molecule has 1 aliphatic heterocycles. The van der Waals surface area contributed by atoms with Crippen molar-refractivity contribution in [3.05, 3.63) is 10.4 Å². The van der Waals surface area contributed by atoms with Crippen molar-refractivity contribution in [3.8, 4) is 6.01 Å². The Morgan fingerprint density at radius 1 is 1.50 bits per heavy atom. The zero-order chi connectivity index (χ0) is 17.4. The van der Waals surface area contributed by atoms with Crippen LogP contribution in [0.3, 0.4) is 0 Å². The second kappa shape index (κ2) is 6.34. The van der Waals surface area contributed by atoms with E-state index >= 15 is 0 Å². The number of nitrogens with one attached hydrogen (secondary N) is 1. The average molecular weight is 343 g/mol. The molecule has 10 nitrogen and oxygen atoms in total. The van der Waals surface area contributed by atoms with Gasteiger partial charge in [-0.3, -0.25) is 14.3 Å². The molecule has 132 valence electrons. The van der Waals surface area contributed by atoms with Gasteiger partial charge in [0.25, 0.3) is 11.6 Å². The number of aliphatic hydroxyl groups excluding tert-OH is 2. The fraction of sp³-hybridized carbons (Fsp3) is 0.615. The van der Waals surface area contributed by atoms with Gasteiger partial charge in [-0.1, -0.05) is 6.92 Å². The Hall–Kier alpha value is -2.24. The van der Waals surface area contributed by atoms with Gasteiger partial charge in [-0.05, 0) is 6.42 Å². The Morgan fingerprint density at radius 2 is 2.25 bits per heavy atom. The summed E-state index contributed by atoms with van der Waals surface area (Å²) in [7, 11) is 0. The zero-order valence-corrected chi connectivity index (χ0v) is 12.8. The molecule has 0 amide bonds. The zero-order valence-electron chi connectivity index (χ0n) is 12.8. The minimum Gasteiger partial charge on any atom is -0.465 e. The number of anilines is 1. The smallest absolute Gasteiger partial charge is 0.298 e. The minimum atomic E-state index is -1.87. The molecular weight excluding hydrogens is 325 g/mol. The third-order valence-electron chi connectivity index (χ3n) is 3.73. The standard InChI is InChI=1S/C13H18FN5O5/c1-2-3-23-13-17-9-7(10(22)18-13)16-12(15)19(9)11-6(14)8(21)5(4-20)24-11/h5-6,8,11,20-21H,2-4H2,1H3,(H2,15,16)(H,17,18,22)/t5-,6-,8-,11-/m1/s1. The summed E-state index contributed by atoms with van der Waals surface area (Å²) < 4.78 is 26.0. The Bertz CT molecular complexity index is 793. The quantitative estimate of drug-likeness (QED) is 0.544. The maximum atomic E-state index is 14.4. The molecule has 2 aromatic heterocycles. The van der Waals surface area contributed by atoms with Crippen LogP contribution in [0.25, 0.3) is 11.2 Å². The molecule has 0 bridgehead atoms. The summed E-state index contributed by atoms with van der Waals surface area (Å²) in [5, 5.41) is 18.9. The lowest BCUT2D eigenvalue weighted by Crippen LogP contribution is -2.30. The second-order valence-electron chi connectivity index (χ2n) is 5.41. The predicted molar refractivity (Wildman–Crippen MR) is 80.2 cm³/mol. The largest absolute Gasteiger partial charge is 0.465 e. The average Bonchev–Trinajstić information content (AvgIpc) is 3.03. The van der Waals surface area contributed by atoms with E-state index in [0.717, 1.165) is 4.57 Å². The molecule has 0 unspecified atom stereocenters. The van der Waals surface area contributed by atoms with Gasteiger partial charge in [0.05, 0.1) is 13.2 Å². The van der Waals surface area contributed by atoms with Crippen LogP contribution in [0.2, 0.25) is 0 Å². The summed E-state index contributed by atoms with van der Waals surface area (Å²) in [5.41, 5.74) is 5.05. The molecule has 11 heteroatoms. The Morgan fingerprint density at radius 3 is 2.88 bits per heavy atom. The molecule has 3 rings (SSSR count). The fourth-order valence-electron chi connectivity index (χ4n) is 2.56. The highest BCUT2D eigenvalue weighted by atomic mass is 19.1. The molecule has 5 N–H and O–H groups in total. The lowest BCUT2D eigenvalue weighted by atomic mass is 10.1. The fourth-order valence-corrected chi connectivity index (χ4v) is 2.56. The van der Waals surface area contributed by atoms with Crippen molar-refractivity contribution in [2.45, 2.75) is 38.0 Å². The SMILES string of the molecule is CCCOc1nc2c(nc(N)n2[C@@H]2O[C@H](CO)[C@@H](O)[C@H]2F)c(=O)[nH]1. The van der Waals surface area contributed by atoms with Crippen molar-refractivity contribution in [1.82, 2.24) is 19.5 Å². The molecule has 0 spiro atoms. The number of nitrogen functional groups attached to an aromatic ring is 1. The van der Waals surface area contributed by atoms with Gasteiger partial charge in [0, 0.05) is 0 Å². The molecule has 4 atom stereocenters. The van der Waals surface area contributed by atoms with Crippen LogP contribution in [0, 0.1) is 0 Å². The summed E-state index contributed by atoms with van der Waals surface area (Å²) in [6, 6.07) is -0.0526. The molecule has 1 fully saturated rings. The van der Waals surface area contributed by atoms with Gasteiger partial charge < -0.3 is 25.4 Å². The third-order valence-corrected chi connectivity index (χ3v) is 3.73. The van der Waals surface area contributed by atoms with Crippen LogP contribution < -0.4 is 16.0 Å². The number of aromatic amines is 1. The summed E-state index contributed by atoms with van der Waals surface area (Å²) in [6.07, 6.45) is -5.18. The van der Waals surface area contributed by atoms with Crippen molar-refractivity contribution < 1.29 is 24.1 Å². The molecular formula is C13H18FN5O5. The van der Waals surface area contributed by atoms with E-state index in [2.05, 4.69) is 15.0 Å². The van der Waals surface area contributed by atoms with Crippen molar-refractivity contribution in [3.63, 3.8) is 0 Å². The molecule has 1 saturated heterocycles. The van der Waals surface area contributed by atoms with Gasteiger partial charge in [-0.2, -0.15) is 4.98 Å². The van der Waals surface area contributed by atoms with Crippen LogP contribution in [0.1, 0.15) is 19.6 Å². The second-order valence-corrected chi connectivity index (χ2v) is 5.41. The number of halogens is 1. The lowest BCUT2D eigenvalue weighted by molar-refractivity contribution is -0.0451. The Labute approximate surface area is 135 Å². The molecule has 1 aliphatic rings. The number of nitrogens with two attached hydrogens (primary N) is 1. The number of H-pyrrole nitrogens is 1. The molecule has 0 saturated carbocycles. The highest BCUT2D eigenvalue weighted by Crippen LogP contribution is 2.35. The van der Waals surface area contributed by atoms with E-state index < -0.39 is 36.8 Å². The van der Waals surface area contributed by atoms with E-state index in [1.54, 1.807) is 0 Å². The lowest BCUT2D eigenvalue weighted by Gasteiger charge is -2.16. The number of aliphatic hydroxyl groups is 2. The number of hydrogen-bond acceptors (Lipinski definition) is 8. The first-order chi connectivity index (χ1) is 11.5. The molecule has 0 radical (unpaired) electrons. The summed E-state index contributed by atoms with van der Waals surface area (Å²) in [4.78, 5) is 22.5. The van der Waals surface area contributed by atoms with Crippen molar-refractivity contribution in [2.75, 3.05) is 18.9 Å². The summed E-state index contributed by atoms with van der Waals surface area (Å²) in [6.45, 7) is 1.65. The maximum Gasteiger partial charge on any atom is 0.298 e. The van der Waals surface area contributed by atoms with E-state index in [4.69, 9.17) is 20.3 Å². The summed E-state index contributed by atoms with van der Waals surface area (Å²) >= 11 is 0. The van der Waals surface area contributed by atoms with Gasteiger partial charge in [-0.25, -0.2) is 9.37 Å². The topological polar surface area (TPSA) is 149 Å². The van der Waals surface area contributed by atoms with Gasteiger partial charge in [0.15, 0.2) is 23.6 Å². The first-order valence-electron chi connectivity index (χ1n) is 7.46. The molecule has 0 aromatic carbocycles. The van der Waals surface area contributed by atoms with Crippen LogP contribution in [0.4, 0.5) is 10.3 Å². The van der Waals surface area contributed by atoms with Crippen molar-refractivity contribution in [2.24, 2.45) is 0 Å². The van der Waals surface area contributed by atoms with E-state index in [0.29, 0.717) is 13.0 Å². The van der Waals surface area contributed by atoms with Gasteiger partial charge in [0.2, 0.25) is 5.95 Å². The molecule has 3 heterocycles. The number of fused-ring (bicyclic) bond motifs is 1. The first kappa shape index (κ1) is 16.6. The van der Waals surface area contributed by atoms with Gasteiger partial charge in [-0.15, -0.1) is 0 Å². The highest BCUT2D eigenvalue weighted by Gasteiger charge is 2.46. The van der Waals surface area contributed by atoms with Crippen LogP contribution >= 0.6 is 0 Å². The predicted octanol–water partition coefficient (Wildman–Crippen LogP) is -0.921. The molecule has 0 aliphatic carbocycles. The van der Waals surface area contributed by atoms with Crippen LogP contribution in [0.15, 0.2) is 4.79 Å². The first-order valence-corrected chi connectivity index (χ1v) is 7.46. The normalized spacial score (nSPS) is 27.0. The van der Waals surface area contributed by atoms with Crippen LogP contribution in [-0.2, 0) is 4.74 Å². The Kier molecular flexibility index (Phi) is 4.39. The molecule has 24 heavy (non-hydrogen) atoms. The number of ether oxygens (including phenoxy) is 2. The number of aromatic nitrogens is 4. The van der Waals surface area contributed by atoms with E-state index in [9.17, 15) is 14.3 Å². The van der Waals surface area contributed by atoms with E-state index in [1.807, 2.05) is 6.92 Å². The number of imidazole rings is 1. The van der Waals surface area contributed by atoms with Crippen LogP contribution in [-0.4, -0.2) is 61.3 Å². The van der Waals surface area contributed by atoms with Gasteiger partial charge in [0.1, 0.15) is 12.2 Å². The van der Waals surface area contributed by atoms with Crippen molar-refractivity contribution >= 4 is 17.1 Å². The number of nitrogens with zero attached hydrogens (tertiary/aromatic N) is 3. The van der Waals surface area contributed by atoms with Crippen LogP contribution in [0.5, 0.6) is 6.01 Å². The third kappa shape index (κ3) is 2.60. The highest BCUT2D eigenvalue weighted by molar-refractivity contribution is 5.73. The molecule has 2 aromatic rings. The van der Waals surface area contributed by atoms with Gasteiger partial charge >= 0.3 is 0 Å². The monoisotopic (exact) mass is 343 g/mol. The number of hydrogen-bond donors (Lipinski definition) is 4. The summed E-state index contributed by atoms with van der Waals surface area (Å²) in [5.74, 6) is -0.200.